The average molecular weight is 277 g/mol. The largest absolute Gasteiger partial charge is 0.386 e. The first-order valence-electron chi connectivity index (χ1n) is 7.34. The summed E-state index contributed by atoms with van der Waals surface area (Å²) in [6.45, 7) is 4.18. The van der Waals surface area contributed by atoms with E-state index < -0.39 is 12.1 Å². The van der Waals surface area contributed by atoms with Gasteiger partial charge in [-0.25, -0.2) is 0 Å². The van der Waals surface area contributed by atoms with Crippen LogP contribution in [0, 0.1) is 0 Å². The van der Waals surface area contributed by atoms with Crippen LogP contribution >= 0.6 is 0 Å². The van der Waals surface area contributed by atoms with Gasteiger partial charge in [0.25, 0.3) is 0 Å². The Bertz CT molecular complexity index is 418. The van der Waals surface area contributed by atoms with Crippen LogP contribution < -0.4 is 5.32 Å². The summed E-state index contributed by atoms with van der Waals surface area (Å²) in [6.07, 6.45) is 5.71. The molecule has 5 heteroatoms. The Balaban J connectivity index is 2.11. The van der Waals surface area contributed by atoms with Crippen molar-refractivity contribution in [3.8, 4) is 0 Å². The molecule has 1 aliphatic rings. The predicted molar refractivity (Wildman–Crippen MR) is 77.1 cm³/mol. The highest BCUT2D eigenvalue weighted by Crippen LogP contribution is 2.19. The van der Waals surface area contributed by atoms with Crippen molar-refractivity contribution in [2.24, 2.45) is 0 Å². The third kappa shape index (κ3) is 3.55. The zero-order valence-corrected chi connectivity index (χ0v) is 12.0. The lowest BCUT2D eigenvalue weighted by Crippen LogP contribution is -2.51. The molecule has 20 heavy (non-hydrogen) atoms. The predicted octanol–water partition coefficient (Wildman–Crippen LogP) is 1.11. The van der Waals surface area contributed by atoms with Gasteiger partial charge >= 0.3 is 0 Å². The number of hydrogen-bond acceptors (Lipinski definition) is 4. The molecule has 1 amide bonds. The third-order valence-electron chi connectivity index (χ3n) is 3.72. The average Bonchev–Trinajstić information content (AvgIpc) is 2.53. The molecule has 1 aliphatic heterocycles. The van der Waals surface area contributed by atoms with Crippen LogP contribution in [0.15, 0.2) is 24.5 Å². The van der Waals surface area contributed by atoms with Crippen molar-refractivity contribution in [1.29, 1.82) is 0 Å². The lowest BCUT2D eigenvalue weighted by molar-refractivity contribution is -0.137. The van der Waals surface area contributed by atoms with E-state index in [0.29, 0.717) is 6.54 Å². The number of nitrogens with one attached hydrogen (secondary N) is 1. The monoisotopic (exact) mass is 277 g/mol. The number of aliphatic hydroxyl groups excluding tert-OH is 1. The van der Waals surface area contributed by atoms with Gasteiger partial charge in [-0.15, -0.1) is 0 Å². The normalized spacial score (nSPS) is 18.6. The highest BCUT2D eigenvalue weighted by molar-refractivity contribution is 5.82. The van der Waals surface area contributed by atoms with Crippen molar-refractivity contribution < 1.29 is 9.90 Å². The number of nitrogens with zero attached hydrogens (tertiary/aromatic N) is 2. The van der Waals surface area contributed by atoms with Crippen molar-refractivity contribution >= 4 is 5.91 Å². The van der Waals surface area contributed by atoms with Crippen molar-refractivity contribution in [3.05, 3.63) is 30.1 Å². The van der Waals surface area contributed by atoms with E-state index in [0.717, 1.165) is 31.5 Å². The molecule has 0 bridgehead atoms. The van der Waals surface area contributed by atoms with Crippen molar-refractivity contribution in [3.63, 3.8) is 0 Å². The number of piperidine rings is 1. The SMILES string of the molecule is CCNC(C(=O)N1CCCCC1)C(O)c1ccncc1. The van der Waals surface area contributed by atoms with Crippen LogP contribution in [0.1, 0.15) is 37.9 Å². The molecule has 0 radical (unpaired) electrons. The fraction of sp³-hybridized carbons (Fsp3) is 0.600. The van der Waals surface area contributed by atoms with Gasteiger partial charge in [-0.05, 0) is 43.5 Å². The second-order valence-electron chi connectivity index (χ2n) is 5.15. The van der Waals surface area contributed by atoms with Gasteiger partial charge < -0.3 is 15.3 Å². The number of aromatic nitrogens is 1. The van der Waals surface area contributed by atoms with Gasteiger partial charge in [0.1, 0.15) is 12.1 Å². The Morgan fingerprint density at radius 2 is 2.00 bits per heavy atom. The number of likely N-dealkylation sites (tertiary alicyclic amines) is 1. The standard InChI is InChI=1S/C15H23N3O2/c1-2-17-13(14(19)12-6-8-16-9-7-12)15(20)18-10-4-3-5-11-18/h6-9,13-14,17,19H,2-5,10-11H2,1H3. The first kappa shape index (κ1) is 14.9. The summed E-state index contributed by atoms with van der Waals surface area (Å²) < 4.78 is 0. The first-order valence-corrected chi connectivity index (χ1v) is 7.34. The molecule has 0 saturated carbocycles. The van der Waals surface area contributed by atoms with Gasteiger partial charge in [0.15, 0.2) is 0 Å². The zero-order chi connectivity index (χ0) is 14.4. The van der Waals surface area contributed by atoms with Crippen LogP contribution in [-0.2, 0) is 4.79 Å². The lowest BCUT2D eigenvalue weighted by Gasteiger charge is -2.32. The number of carbonyl (C=O) groups is 1. The van der Waals surface area contributed by atoms with E-state index in [2.05, 4.69) is 10.3 Å². The number of hydrogen-bond donors (Lipinski definition) is 2. The van der Waals surface area contributed by atoms with E-state index in [-0.39, 0.29) is 5.91 Å². The summed E-state index contributed by atoms with van der Waals surface area (Å²) in [4.78, 5) is 18.4. The Morgan fingerprint density at radius 1 is 1.35 bits per heavy atom. The summed E-state index contributed by atoms with van der Waals surface area (Å²) >= 11 is 0. The second kappa shape index (κ2) is 7.36. The molecule has 2 rings (SSSR count). The Morgan fingerprint density at radius 3 is 2.60 bits per heavy atom. The molecule has 1 aromatic heterocycles. The van der Waals surface area contributed by atoms with Gasteiger partial charge in [-0.2, -0.15) is 0 Å². The Hall–Kier alpha value is -1.46. The molecule has 2 heterocycles. The number of carbonyl (C=O) groups excluding carboxylic acids is 1. The summed E-state index contributed by atoms with van der Waals surface area (Å²) in [7, 11) is 0. The molecule has 2 N–H and O–H groups in total. The van der Waals surface area contributed by atoms with Crippen LogP contribution in [-0.4, -0.2) is 46.6 Å². The zero-order valence-electron chi connectivity index (χ0n) is 12.0. The van der Waals surface area contributed by atoms with Gasteiger partial charge in [0.05, 0.1) is 0 Å². The fourth-order valence-corrected chi connectivity index (χ4v) is 2.62. The van der Waals surface area contributed by atoms with E-state index >= 15 is 0 Å². The molecule has 1 aromatic rings. The topological polar surface area (TPSA) is 65.5 Å². The summed E-state index contributed by atoms with van der Waals surface area (Å²) in [5.74, 6) is -0.00383. The van der Waals surface area contributed by atoms with Crippen molar-refractivity contribution in [1.82, 2.24) is 15.2 Å². The van der Waals surface area contributed by atoms with Crippen LogP contribution in [0.4, 0.5) is 0 Å². The van der Waals surface area contributed by atoms with Gasteiger partial charge in [0.2, 0.25) is 5.91 Å². The quantitative estimate of drug-likeness (QED) is 0.846. The van der Waals surface area contributed by atoms with E-state index in [4.69, 9.17) is 0 Å². The second-order valence-corrected chi connectivity index (χ2v) is 5.15. The van der Waals surface area contributed by atoms with Crippen LogP contribution in [0.2, 0.25) is 0 Å². The number of rotatable bonds is 5. The maximum atomic E-state index is 12.6. The summed E-state index contributed by atoms with van der Waals surface area (Å²) in [6, 6.07) is 2.91. The summed E-state index contributed by atoms with van der Waals surface area (Å²) in [5, 5.41) is 13.6. The molecule has 1 saturated heterocycles. The van der Waals surface area contributed by atoms with Gasteiger partial charge in [-0.1, -0.05) is 6.92 Å². The molecule has 0 aliphatic carbocycles. The number of amides is 1. The molecule has 1 fully saturated rings. The van der Waals surface area contributed by atoms with Crippen LogP contribution in [0.5, 0.6) is 0 Å². The van der Waals surface area contributed by atoms with E-state index in [9.17, 15) is 9.90 Å². The minimum Gasteiger partial charge on any atom is -0.386 e. The Kier molecular flexibility index (Phi) is 5.49. The molecule has 2 unspecified atom stereocenters. The molecule has 0 aromatic carbocycles. The smallest absolute Gasteiger partial charge is 0.242 e. The van der Waals surface area contributed by atoms with Crippen molar-refractivity contribution in [2.45, 2.75) is 38.3 Å². The first-order chi connectivity index (χ1) is 9.74. The molecule has 5 nitrogen and oxygen atoms in total. The van der Waals surface area contributed by atoms with Crippen molar-refractivity contribution in [2.75, 3.05) is 19.6 Å². The highest BCUT2D eigenvalue weighted by atomic mass is 16.3. The van der Waals surface area contributed by atoms with E-state index in [1.807, 2.05) is 11.8 Å². The molecular formula is C15H23N3O2. The van der Waals surface area contributed by atoms with E-state index in [1.54, 1.807) is 24.5 Å². The highest BCUT2D eigenvalue weighted by Gasteiger charge is 2.31. The Labute approximate surface area is 120 Å². The van der Waals surface area contributed by atoms with E-state index in [1.165, 1.54) is 6.42 Å². The lowest BCUT2D eigenvalue weighted by atomic mass is 10.0. The number of likely N-dealkylation sites (N-methyl/N-ethyl adjacent to an activating group) is 1. The maximum absolute atomic E-state index is 12.6. The van der Waals surface area contributed by atoms with Gasteiger partial charge in [0, 0.05) is 25.5 Å². The number of pyridine rings is 1. The minimum atomic E-state index is -0.840. The maximum Gasteiger partial charge on any atom is 0.242 e. The minimum absolute atomic E-state index is 0.00383. The molecular weight excluding hydrogens is 254 g/mol. The van der Waals surface area contributed by atoms with Gasteiger partial charge in [-0.3, -0.25) is 9.78 Å². The molecule has 2 atom stereocenters. The molecule has 0 spiro atoms. The summed E-state index contributed by atoms with van der Waals surface area (Å²) in [5.41, 5.74) is 0.719. The van der Waals surface area contributed by atoms with Crippen LogP contribution in [0.3, 0.4) is 0 Å². The third-order valence-corrected chi connectivity index (χ3v) is 3.72. The van der Waals surface area contributed by atoms with Crippen LogP contribution in [0.25, 0.3) is 0 Å². The molecule has 110 valence electrons. The number of aliphatic hydroxyl groups is 1. The fourth-order valence-electron chi connectivity index (χ4n) is 2.62.